The van der Waals surface area contributed by atoms with Crippen LogP contribution in [0.3, 0.4) is 0 Å². The number of nitrogens with zero attached hydrogens (tertiary/aromatic N) is 1. The summed E-state index contributed by atoms with van der Waals surface area (Å²) in [5.41, 5.74) is 0. The molecule has 5 nitrogen and oxygen atoms in total. The van der Waals surface area contributed by atoms with Gasteiger partial charge >= 0.3 is 6.09 Å². The first-order chi connectivity index (χ1) is 11.5. The number of rotatable bonds is 5. The molecule has 1 aliphatic heterocycles. The molecule has 0 aromatic heterocycles. The molecule has 1 heterocycles. The summed E-state index contributed by atoms with van der Waals surface area (Å²) in [5.74, 6) is 0. The fourth-order valence-electron chi connectivity index (χ4n) is 2.66. The van der Waals surface area contributed by atoms with Gasteiger partial charge in [0, 0.05) is 6.54 Å². The predicted molar refractivity (Wildman–Crippen MR) is 113 cm³/mol. The first kappa shape index (κ1) is 23.7. The number of amides is 1. The highest BCUT2D eigenvalue weighted by Gasteiger charge is 2.45. The Morgan fingerprint density at radius 2 is 1.54 bits per heavy atom. The van der Waals surface area contributed by atoms with Crippen molar-refractivity contribution >= 4 is 22.7 Å². The Labute approximate surface area is 162 Å². The van der Waals surface area contributed by atoms with Crippen molar-refractivity contribution in [2.24, 2.45) is 0 Å². The van der Waals surface area contributed by atoms with Crippen LogP contribution in [0.2, 0.25) is 36.3 Å². The van der Waals surface area contributed by atoms with E-state index in [0.29, 0.717) is 13.2 Å². The summed E-state index contributed by atoms with van der Waals surface area (Å²) in [5, 5.41) is 9.91. The molecule has 0 spiro atoms. The van der Waals surface area contributed by atoms with Gasteiger partial charge in [-0.3, -0.25) is 0 Å². The highest BCUT2D eigenvalue weighted by Crippen LogP contribution is 2.40. The molecular formula is C19H41NO4Si2. The zero-order valence-electron chi connectivity index (χ0n) is 18.6. The van der Waals surface area contributed by atoms with E-state index in [-0.39, 0.29) is 22.2 Å². The second kappa shape index (κ2) is 7.93. The summed E-state index contributed by atoms with van der Waals surface area (Å²) in [6.45, 7) is 23.2. The van der Waals surface area contributed by atoms with Crippen LogP contribution in [0.15, 0.2) is 0 Å². The molecule has 0 aliphatic carbocycles. The highest BCUT2D eigenvalue weighted by atomic mass is 28.4. The van der Waals surface area contributed by atoms with E-state index < -0.39 is 22.7 Å². The summed E-state index contributed by atoms with van der Waals surface area (Å²) < 4.78 is 13.1. The lowest BCUT2D eigenvalue weighted by Gasteiger charge is -2.47. The standard InChI is InChI=1S/C19H41NO4Si2/c1-18(2,3)25(7,8)23-14-15-16(12-11-13-20(15)17(21)22)24-26(9,10)19(4,5)6/h15-16H,11-14H2,1-10H3,(H,21,22)/t15-,16+/m1/s1. The monoisotopic (exact) mass is 403 g/mol. The quantitative estimate of drug-likeness (QED) is 0.612. The minimum Gasteiger partial charge on any atom is -0.465 e. The van der Waals surface area contributed by atoms with Gasteiger partial charge in [-0.15, -0.1) is 0 Å². The molecule has 1 N–H and O–H groups in total. The number of hydrogen-bond acceptors (Lipinski definition) is 3. The molecule has 1 saturated heterocycles. The molecule has 154 valence electrons. The second-order valence-corrected chi connectivity index (χ2v) is 20.2. The van der Waals surface area contributed by atoms with E-state index >= 15 is 0 Å². The van der Waals surface area contributed by atoms with Crippen LogP contribution in [0, 0.1) is 0 Å². The maximum absolute atomic E-state index is 11.8. The van der Waals surface area contributed by atoms with E-state index in [1.807, 2.05) is 0 Å². The van der Waals surface area contributed by atoms with Crippen LogP contribution in [-0.4, -0.2) is 58.0 Å². The molecule has 26 heavy (non-hydrogen) atoms. The van der Waals surface area contributed by atoms with Crippen molar-refractivity contribution in [3.63, 3.8) is 0 Å². The molecule has 7 heteroatoms. The molecule has 0 saturated carbocycles. The third-order valence-electron chi connectivity index (χ3n) is 6.64. The number of hydrogen-bond donors (Lipinski definition) is 1. The van der Waals surface area contributed by atoms with Gasteiger partial charge in [-0.2, -0.15) is 0 Å². The lowest BCUT2D eigenvalue weighted by Crippen LogP contribution is -2.58. The molecular weight excluding hydrogens is 362 g/mol. The smallest absolute Gasteiger partial charge is 0.407 e. The van der Waals surface area contributed by atoms with Crippen LogP contribution in [0.1, 0.15) is 54.4 Å². The summed E-state index contributed by atoms with van der Waals surface area (Å²) in [7, 11) is -3.92. The lowest BCUT2D eigenvalue weighted by atomic mass is 10.0. The molecule has 1 aliphatic rings. The fraction of sp³-hybridized carbons (Fsp3) is 0.947. The zero-order chi connectivity index (χ0) is 20.6. The Morgan fingerprint density at radius 3 is 1.96 bits per heavy atom. The Balaban J connectivity index is 3.02. The van der Waals surface area contributed by atoms with Crippen molar-refractivity contribution in [1.29, 1.82) is 0 Å². The summed E-state index contributed by atoms with van der Waals surface area (Å²) in [6.07, 6.45) is 0.812. The molecule has 2 atom stereocenters. The van der Waals surface area contributed by atoms with Gasteiger partial charge in [-0.25, -0.2) is 4.79 Å². The molecule has 0 bridgehead atoms. The van der Waals surface area contributed by atoms with Crippen LogP contribution in [0.4, 0.5) is 4.79 Å². The van der Waals surface area contributed by atoms with Gasteiger partial charge in [0.05, 0.1) is 18.8 Å². The summed E-state index contributed by atoms with van der Waals surface area (Å²) in [6, 6.07) is -0.218. The summed E-state index contributed by atoms with van der Waals surface area (Å²) in [4.78, 5) is 13.4. The maximum Gasteiger partial charge on any atom is 0.407 e. The molecule has 0 aromatic rings. The van der Waals surface area contributed by atoms with Crippen LogP contribution in [0.5, 0.6) is 0 Å². The first-order valence-electron chi connectivity index (χ1n) is 9.81. The minimum atomic E-state index is -1.97. The van der Waals surface area contributed by atoms with E-state index in [2.05, 4.69) is 67.7 Å². The number of carboxylic acid groups (broad SMARTS) is 1. The first-order valence-corrected chi connectivity index (χ1v) is 15.6. The van der Waals surface area contributed by atoms with Gasteiger partial charge in [0.25, 0.3) is 0 Å². The molecule has 1 fully saturated rings. The molecule has 1 amide bonds. The van der Waals surface area contributed by atoms with Gasteiger partial charge in [0.2, 0.25) is 0 Å². The lowest BCUT2D eigenvalue weighted by molar-refractivity contribution is 0.000553. The van der Waals surface area contributed by atoms with Gasteiger partial charge in [0.15, 0.2) is 16.6 Å². The van der Waals surface area contributed by atoms with Crippen LogP contribution >= 0.6 is 0 Å². The van der Waals surface area contributed by atoms with Crippen molar-refractivity contribution in [3.05, 3.63) is 0 Å². The van der Waals surface area contributed by atoms with Gasteiger partial charge in [-0.1, -0.05) is 41.5 Å². The average Bonchev–Trinajstić information content (AvgIpc) is 2.42. The number of likely N-dealkylation sites (tertiary alicyclic amines) is 1. The van der Waals surface area contributed by atoms with Crippen LogP contribution in [0.25, 0.3) is 0 Å². The number of carbonyl (C=O) groups is 1. The molecule has 1 rings (SSSR count). The normalized spacial score (nSPS) is 23.2. The van der Waals surface area contributed by atoms with Gasteiger partial charge in [0.1, 0.15) is 0 Å². The molecule has 0 aromatic carbocycles. The number of piperidine rings is 1. The van der Waals surface area contributed by atoms with Crippen LogP contribution < -0.4 is 0 Å². The van der Waals surface area contributed by atoms with Crippen LogP contribution in [-0.2, 0) is 8.85 Å². The van der Waals surface area contributed by atoms with E-state index in [1.165, 1.54) is 0 Å². The minimum absolute atomic E-state index is 0.0782. The Morgan fingerprint density at radius 1 is 1.04 bits per heavy atom. The highest BCUT2D eigenvalue weighted by molar-refractivity contribution is 6.74. The van der Waals surface area contributed by atoms with Crippen molar-refractivity contribution in [3.8, 4) is 0 Å². The Bertz CT molecular complexity index is 495. The van der Waals surface area contributed by atoms with Gasteiger partial charge < -0.3 is 18.9 Å². The van der Waals surface area contributed by atoms with Crippen molar-refractivity contribution < 1.29 is 18.8 Å². The van der Waals surface area contributed by atoms with E-state index in [1.54, 1.807) is 4.90 Å². The SMILES string of the molecule is CC(C)(C)[Si](C)(C)OC[C@@H]1[C@@H](O[Si](C)(C)C(C)(C)C)CCCN1C(=O)O. The fourth-order valence-corrected chi connectivity index (χ4v) is 5.07. The van der Waals surface area contributed by atoms with E-state index in [9.17, 15) is 9.90 Å². The second-order valence-electron chi connectivity index (χ2n) is 10.7. The average molecular weight is 404 g/mol. The zero-order valence-corrected chi connectivity index (χ0v) is 20.6. The maximum atomic E-state index is 11.8. The van der Waals surface area contributed by atoms with Crippen molar-refractivity contribution in [2.75, 3.05) is 13.2 Å². The van der Waals surface area contributed by atoms with Crippen molar-refractivity contribution in [1.82, 2.24) is 4.90 Å². The van der Waals surface area contributed by atoms with Crippen molar-refractivity contribution in [2.45, 2.75) is 103 Å². The van der Waals surface area contributed by atoms with Gasteiger partial charge in [-0.05, 0) is 49.1 Å². The molecule has 0 radical (unpaired) electrons. The topological polar surface area (TPSA) is 59.0 Å². The summed E-state index contributed by atoms with van der Waals surface area (Å²) >= 11 is 0. The molecule has 0 unspecified atom stereocenters. The van der Waals surface area contributed by atoms with E-state index in [0.717, 1.165) is 12.8 Å². The third kappa shape index (κ3) is 5.56. The predicted octanol–water partition coefficient (Wildman–Crippen LogP) is 5.54. The van der Waals surface area contributed by atoms with E-state index in [4.69, 9.17) is 8.85 Å². The third-order valence-corrected chi connectivity index (χ3v) is 15.6. The Hall–Kier alpha value is -0.376. The Kier molecular flexibility index (Phi) is 7.22. The largest absolute Gasteiger partial charge is 0.465 e.